The number of nitrogens with one attached hydrogen (secondary N) is 1. The normalized spacial score (nSPS) is 11.4. The summed E-state index contributed by atoms with van der Waals surface area (Å²) < 4.78 is 38.3. The summed E-state index contributed by atoms with van der Waals surface area (Å²) in [6.45, 7) is 2.86. The van der Waals surface area contributed by atoms with Gasteiger partial charge in [0.25, 0.3) is 0 Å². The predicted octanol–water partition coefficient (Wildman–Crippen LogP) is 1.96. The van der Waals surface area contributed by atoms with Crippen LogP contribution in [0.25, 0.3) is 0 Å². The van der Waals surface area contributed by atoms with Crippen LogP contribution in [0.3, 0.4) is 0 Å². The van der Waals surface area contributed by atoms with Gasteiger partial charge in [0, 0.05) is 39.5 Å². The van der Waals surface area contributed by atoms with Crippen molar-refractivity contribution in [1.29, 1.82) is 0 Å². The van der Waals surface area contributed by atoms with E-state index in [-0.39, 0.29) is 11.4 Å². The highest BCUT2D eigenvalue weighted by Gasteiger charge is 2.16. The van der Waals surface area contributed by atoms with Crippen LogP contribution in [-0.2, 0) is 21.3 Å². The molecule has 1 N–H and O–H groups in total. The Hall–Kier alpha value is -2.16. The molecule has 0 radical (unpaired) electrons. The average molecular weight is 379 g/mol. The van der Waals surface area contributed by atoms with Gasteiger partial charge in [-0.05, 0) is 36.8 Å². The molecule has 0 fully saturated rings. The number of hydrogen-bond donors (Lipinski definition) is 1. The fourth-order valence-corrected chi connectivity index (χ4v) is 3.50. The molecule has 26 heavy (non-hydrogen) atoms. The number of sulfonamides is 1. The number of benzene rings is 1. The zero-order valence-corrected chi connectivity index (χ0v) is 16.3. The largest absolute Gasteiger partial charge is 0.491 e. The molecule has 0 unspecified atom stereocenters. The van der Waals surface area contributed by atoms with Crippen molar-refractivity contribution in [3.63, 3.8) is 0 Å². The van der Waals surface area contributed by atoms with E-state index in [0.29, 0.717) is 19.0 Å². The third kappa shape index (κ3) is 5.17. The Morgan fingerprint density at radius 3 is 2.62 bits per heavy atom. The van der Waals surface area contributed by atoms with Crippen LogP contribution in [0.15, 0.2) is 41.4 Å². The minimum atomic E-state index is -3.64. The number of aromatic nitrogens is 1. The average Bonchev–Trinajstić information content (AvgIpc) is 2.61. The molecule has 0 bridgehead atoms. The number of anilines is 1. The van der Waals surface area contributed by atoms with Crippen molar-refractivity contribution in [2.45, 2.75) is 18.4 Å². The van der Waals surface area contributed by atoms with Crippen molar-refractivity contribution < 1.29 is 17.9 Å². The van der Waals surface area contributed by atoms with E-state index in [2.05, 4.69) is 9.71 Å². The summed E-state index contributed by atoms with van der Waals surface area (Å²) in [4.78, 5) is 6.32. The fraction of sp³-hybridized carbons (Fsp3) is 0.389. The first-order chi connectivity index (χ1) is 12.3. The number of hydrogen-bond acceptors (Lipinski definition) is 6. The maximum Gasteiger partial charge on any atom is 0.240 e. The lowest BCUT2D eigenvalue weighted by molar-refractivity contribution is 0.146. The lowest BCUT2D eigenvalue weighted by atomic mass is 10.2. The summed E-state index contributed by atoms with van der Waals surface area (Å²) >= 11 is 0. The SMILES string of the molecule is COCCOc1ccc(S(=O)(=O)NCc2cccnc2N(C)C)cc1C. The molecule has 0 aliphatic rings. The van der Waals surface area contributed by atoms with Crippen LogP contribution >= 0.6 is 0 Å². The monoisotopic (exact) mass is 379 g/mol. The van der Waals surface area contributed by atoms with Crippen molar-refractivity contribution in [3.8, 4) is 5.75 Å². The number of aryl methyl sites for hydroxylation is 1. The van der Waals surface area contributed by atoms with Crippen LogP contribution in [0.2, 0.25) is 0 Å². The van der Waals surface area contributed by atoms with E-state index in [4.69, 9.17) is 9.47 Å². The summed E-state index contributed by atoms with van der Waals surface area (Å²) in [6, 6.07) is 8.43. The minimum Gasteiger partial charge on any atom is -0.491 e. The highest BCUT2D eigenvalue weighted by Crippen LogP contribution is 2.22. The standard InChI is InChI=1S/C18H25N3O4S/c1-14-12-16(7-8-17(14)25-11-10-24-4)26(22,23)20-13-15-6-5-9-19-18(15)21(2)3/h5-9,12,20H,10-11,13H2,1-4H3. The van der Waals surface area contributed by atoms with Gasteiger partial charge in [-0.1, -0.05) is 6.07 Å². The molecular weight excluding hydrogens is 354 g/mol. The number of nitrogens with zero attached hydrogens (tertiary/aromatic N) is 2. The van der Waals surface area contributed by atoms with Crippen molar-refractivity contribution in [2.75, 3.05) is 39.3 Å². The number of ether oxygens (including phenoxy) is 2. The maximum atomic E-state index is 12.6. The summed E-state index contributed by atoms with van der Waals surface area (Å²) in [6.07, 6.45) is 1.68. The third-order valence-corrected chi connectivity index (χ3v) is 5.14. The first kappa shape index (κ1) is 20.2. The van der Waals surface area contributed by atoms with E-state index < -0.39 is 10.0 Å². The van der Waals surface area contributed by atoms with E-state index in [1.54, 1.807) is 31.5 Å². The van der Waals surface area contributed by atoms with Gasteiger partial charge in [0.2, 0.25) is 10.0 Å². The second kappa shape index (κ2) is 8.98. The molecule has 1 heterocycles. The molecule has 8 heteroatoms. The highest BCUT2D eigenvalue weighted by molar-refractivity contribution is 7.89. The first-order valence-corrected chi connectivity index (χ1v) is 9.66. The highest BCUT2D eigenvalue weighted by atomic mass is 32.2. The second-order valence-electron chi connectivity index (χ2n) is 5.97. The Balaban J connectivity index is 2.12. The Bertz CT molecular complexity index is 838. The zero-order chi connectivity index (χ0) is 19.2. The van der Waals surface area contributed by atoms with Gasteiger partial charge in [0.15, 0.2) is 0 Å². The van der Waals surface area contributed by atoms with Gasteiger partial charge in [-0.25, -0.2) is 18.1 Å². The van der Waals surface area contributed by atoms with Crippen LogP contribution in [0, 0.1) is 6.92 Å². The smallest absolute Gasteiger partial charge is 0.240 e. The Kier molecular flexibility index (Phi) is 6.96. The van der Waals surface area contributed by atoms with E-state index in [1.165, 1.54) is 6.07 Å². The molecule has 2 rings (SSSR count). The lowest BCUT2D eigenvalue weighted by Gasteiger charge is -2.16. The van der Waals surface area contributed by atoms with Crippen molar-refractivity contribution in [1.82, 2.24) is 9.71 Å². The van der Waals surface area contributed by atoms with E-state index in [0.717, 1.165) is 16.9 Å². The molecular formula is C18H25N3O4S. The third-order valence-electron chi connectivity index (χ3n) is 3.75. The van der Waals surface area contributed by atoms with Gasteiger partial charge >= 0.3 is 0 Å². The lowest BCUT2D eigenvalue weighted by Crippen LogP contribution is -2.25. The maximum absolute atomic E-state index is 12.6. The molecule has 0 saturated heterocycles. The fourth-order valence-electron chi connectivity index (χ4n) is 2.41. The topological polar surface area (TPSA) is 80.8 Å². The molecule has 7 nitrogen and oxygen atoms in total. The molecule has 142 valence electrons. The van der Waals surface area contributed by atoms with E-state index in [9.17, 15) is 8.42 Å². The van der Waals surface area contributed by atoms with Crippen LogP contribution in [-0.4, -0.2) is 47.8 Å². The molecule has 0 aliphatic heterocycles. The van der Waals surface area contributed by atoms with Crippen LogP contribution < -0.4 is 14.4 Å². The molecule has 1 aromatic carbocycles. The molecule has 0 atom stereocenters. The van der Waals surface area contributed by atoms with Crippen molar-refractivity contribution in [2.24, 2.45) is 0 Å². The van der Waals surface area contributed by atoms with E-state index in [1.807, 2.05) is 32.0 Å². The Labute approximate surface area is 155 Å². The first-order valence-electron chi connectivity index (χ1n) is 8.18. The summed E-state index contributed by atoms with van der Waals surface area (Å²) in [7, 11) is 1.69. The van der Waals surface area contributed by atoms with Gasteiger partial charge in [-0.3, -0.25) is 0 Å². The molecule has 0 amide bonds. The van der Waals surface area contributed by atoms with Crippen LogP contribution in [0.4, 0.5) is 5.82 Å². The van der Waals surface area contributed by atoms with Gasteiger partial charge < -0.3 is 14.4 Å². The second-order valence-corrected chi connectivity index (χ2v) is 7.74. The molecule has 0 aliphatic carbocycles. The summed E-state index contributed by atoms with van der Waals surface area (Å²) in [5.74, 6) is 1.37. The van der Waals surface area contributed by atoms with Gasteiger partial charge in [-0.2, -0.15) is 0 Å². The number of rotatable bonds is 9. The molecule has 2 aromatic rings. The summed E-state index contributed by atoms with van der Waals surface area (Å²) in [5.41, 5.74) is 1.55. The van der Waals surface area contributed by atoms with E-state index >= 15 is 0 Å². The van der Waals surface area contributed by atoms with Gasteiger partial charge in [0.05, 0.1) is 11.5 Å². The Morgan fingerprint density at radius 1 is 1.19 bits per heavy atom. The predicted molar refractivity (Wildman–Crippen MR) is 101 cm³/mol. The quantitative estimate of drug-likeness (QED) is 0.671. The summed E-state index contributed by atoms with van der Waals surface area (Å²) in [5, 5.41) is 0. The molecule has 0 spiro atoms. The van der Waals surface area contributed by atoms with Crippen LogP contribution in [0.1, 0.15) is 11.1 Å². The Morgan fingerprint density at radius 2 is 1.96 bits per heavy atom. The number of pyridine rings is 1. The van der Waals surface area contributed by atoms with Crippen molar-refractivity contribution in [3.05, 3.63) is 47.7 Å². The molecule has 0 saturated carbocycles. The van der Waals surface area contributed by atoms with Crippen molar-refractivity contribution >= 4 is 15.8 Å². The molecule has 1 aromatic heterocycles. The minimum absolute atomic E-state index is 0.162. The van der Waals surface area contributed by atoms with Gasteiger partial charge in [0.1, 0.15) is 18.2 Å². The van der Waals surface area contributed by atoms with Gasteiger partial charge in [-0.15, -0.1) is 0 Å². The zero-order valence-electron chi connectivity index (χ0n) is 15.5. The number of methoxy groups -OCH3 is 1. The van der Waals surface area contributed by atoms with Crippen LogP contribution in [0.5, 0.6) is 5.75 Å².